The fraction of sp³-hybridized carbons (Fsp3) is 0.250. The molecule has 0 amide bonds. The minimum atomic E-state index is 0.195. The van der Waals surface area contributed by atoms with Crippen LogP contribution in [0.4, 0.5) is 0 Å². The molecule has 1 heterocycles. The molecule has 0 aliphatic rings. The Hall–Kier alpha value is -0.720. The summed E-state index contributed by atoms with van der Waals surface area (Å²) in [5.41, 5.74) is 0.777. The summed E-state index contributed by atoms with van der Waals surface area (Å²) < 4.78 is 5.89. The summed E-state index contributed by atoms with van der Waals surface area (Å²) in [5, 5.41) is 0. The number of carbonyl (C=O) groups is 1. The predicted molar refractivity (Wildman–Crippen MR) is 78.3 cm³/mol. The number of ketones is 1. The quantitative estimate of drug-likeness (QED) is 0.451. The largest absolute Gasteiger partial charge is 0.294 e. The van der Waals surface area contributed by atoms with E-state index in [1.54, 1.807) is 18.1 Å². The van der Waals surface area contributed by atoms with Crippen molar-refractivity contribution in [1.29, 1.82) is 0 Å². The first kappa shape index (κ1) is 13.7. The normalized spacial score (nSPS) is 10.5. The van der Waals surface area contributed by atoms with Gasteiger partial charge in [-0.15, -0.1) is 0 Å². The molecular weight excluding hydrogens is 332 g/mol. The van der Waals surface area contributed by atoms with Gasteiger partial charge in [-0.1, -0.05) is 39.8 Å². The van der Waals surface area contributed by atoms with Crippen LogP contribution in [0.5, 0.6) is 0 Å². The van der Waals surface area contributed by atoms with Gasteiger partial charge in [0.1, 0.15) is 6.33 Å². The Morgan fingerprint density at radius 2 is 2.11 bits per heavy atom. The smallest absolute Gasteiger partial charge is 0.169 e. The fourth-order valence-corrected chi connectivity index (χ4v) is 3.12. The van der Waals surface area contributed by atoms with Gasteiger partial charge < -0.3 is 0 Å². The molecule has 0 saturated heterocycles. The topological polar surface area (TPSA) is 42.9 Å². The van der Waals surface area contributed by atoms with E-state index in [0.717, 1.165) is 26.5 Å². The third-order valence-electron chi connectivity index (χ3n) is 2.28. The maximum atomic E-state index is 11.9. The van der Waals surface area contributed by atoms with Crippen LogP contribution < -0.4 is 0 Å². The van der Waals surface area contributed by atoms with Crippen LogP contribution in [0.2, 0.25) is 0 Å². The number of hydrogen-bond acceptors (Lipinski definition) is 5. The first-order valence-corrected chi connectivity index (χ1v) is 7.99. The van der Waals surface area contributed by atoms with Crippen LogP contribution >= 0.6 is 39.2 Å². The van der Waals surface area contributed by atoms with Crippen LogP contribution in [0.15, 0.2) is 39.4 Å². The molecule has 0 radical (unpaired) electrons. The molecule has 2 rings (SSSR count). The van der Waals surface area contributed by atoms with E-state index in [4.69, 9.17) is 0 Å². The first-order valence-electron chi connectivity index (χ1n) is 5.44. The highest BCUT2D eigenvalue weighted by Crippen LogP contribution is 2.20. The Kier molecular flexibility index (Phi) is 5.34. The monoisotopic (exact) mass is 342 g/mol. The number of carbonyl (C=O) groups excluding carboxylic acids is 1. The molecule has 0 atom stereocenters. The molecule has 0 spiro atoms. The van der Waals surface area contributed by atoms with Crippen molar-refractivity contribution >= 4 is 45.0 Å². The van der Waals surface area contributed by atoms with E-state index < -0.39 is 0 Å². The molecule has 0 unspecified atom stereocenters. The zero-order valence-corrected chi connectivity index (χ0v) is 12.7. The number of benzene rings is 1. The number of halogens is 1. The second kappa shape index (κ2) is 7.01. The maximum Gasteiger partial charge on any atom is 0.169 e. The number of Topliss-reactive ketones (excluding diaryl/α,β-unsaturated/α-hetero) is 1. The number of aromatic nitrogens is 2. The van der Waals surface area contributed by atoms with Crippen molar-refractivity contribution in [3.63, 3.8) is 0 Å². The lowest BCUT2D eigenvalue weighted by Crippen LogP contribution is -1.99. The van der Waals surface area contributed by atoms with Crippen molar-refractivity contribution in [2.24, 2.45) is 0 Å². The molecule has 3 nitrogen and oxygen atoms in total. The first-order chi connectivity index (χ1) is 8.75. The Morgan fingerprint density at radius 3 is 2.78 bits per heavy atom. The molecule has 0 aliphatic heterocycles. The molecule has 18 heavy (non-hydrogen) atoms. The van der Waals surface area contributed by atoms with Crippen molar-refractivity contribution < 1.29 is 4.79 Å². The number of thioether (sulfide) groups is 1. The van der Waals surface area contributed by atoms with Crippen LogP contribution in [-0.2, 0) is 0 Å². The minimum absolute atomic E-state index is 0.195. The van der Waals surface area contributed by atoms with Gasteiger partial charge in [-0.05, 0) is 30.1 Å². The minimum Gasteiger partial charge on any atom is -0.294 e. The molecule has 0 fully saturated rings. The van der Waals surface area contributed by atoms with Gasteiger partial charge in [0.15, 0.2) is 10.1 Å². The van der Waals surface area contributed by atoms with Crippen molar-refractivity contribution in [3.05, 3.63) is 40.6 Å². The molecule has 1 aromatic carbocycles. The summed E-state index contributed by atoms with van der Waals surface area (Å²) in [4.78, 5) is 15.9. The van der Waals surface area contributed by atoms with Crippen molar-refractivity contribution in [1.82, 2.24) is 9.36 Å². The number of hydrogen-bond donors (Lipinski definition) is 0. The Bertz CT molecular complexity index is 499. The van der Waals surface area contributed by atoms with Crippen molar-refractivity contribution in [2.45, 2.75) is 17.2 Å². The molecular formula is C12H11BrN2OS2. The van der Waals surface area contributed by atoms with Gasteiger partial charge in [0, 0.05) is 22.2 Å². The van der Waals surface area contributed by atoms with Crippen LogP contribution in [0.1, 0.15) is 23.2 Å². The van der Waals surface area contributed by atoms with Crippen molar-refractivity contribution in [2.75, 3.05) is 5.75 Å². The lowest BCUT2D eigenvalue weighted by Gasteiger charge is -2.00. The van der Waals surface area contributed by atoms with Gasteiger partial charge in [-0.2, -0.15) is 4.37 Å². The highest BCUT2D eigenvalue weighted by atomic mass is 79.9. The zero-order valence-electron chi connectivity index (χ0n) is 9.51. The van der Waals surface area contributed by atoms with Gasteiger partial charge in [-0.3, -0.25) is 4.79 Å². The van der Waals surface area contributed by atoms with Crippen molar-refractivity contribution in [3.8, 4) is 0 Å². The Balaban J connectivity index is 1.73. The van der Waals surface area contributed by atoms with E-state index in [0.29, 0.717) is 6.42 Å². The lowest BCUT2D eigenvalue weighted by molar-refractivity contribution is 0.0982. The van der Waals surface area contributed by atoms with Gasteiger partial charge in [0.25, 0.3) is 0 Å². The highest BCUT2D eigenvalue weighted by Gasteiger charge is 2.05. The van der Waals surface area contributed by atoms with Gasteiger partial charge in [0.05, 0.1) is 0 Å². The summed E-state index contributed by atoms with van der Waals surface area (Å²) >= 11 is 6.40. The molecule has 2 aromatic rings. The van der Waals surface area contributed by atoms with E-state index in [1.165, 1.54) is 11.5 Å². The lowest BCUT2D eigenvalue weighted by atomic mass is 10.1. The molecule has 94 valence electrons. The molecule has 0 N–H and O–H groups in total. The standard InChI is InChI=1S/C12H11BrN2OS2/c13-10-5-3-9(4-6-10)11(16)2-1-7-17-12-14-8-15-18-12/h3-6,8H,1-2,7H2. The summed E-state index contributed by atoms with van der Waals surface area (Å²) in [7, 11) is 0. The third-order valence-corrected chi connectivity index (χ3v) is 4.69. The Morgan fingerprint density at radius 1 is 1.33 bits per heavy atom. The van der Waals surface area contributed by atoms with E-state index in [-0.39, 0.29) is 5.78 Å². The predicted octanol–water partition coefficient (Wildman–Crippen LogP) is 4.06. The molecule has 0 bridgehead atoms. The summed E-state index contributed by atoms with van der Waals surface area (Å²) in [5.74, 6) is 1.10. The van der Waals surface area contributed by atoms with Crippen LogP contribution in [0.25, 0.3) is 0 Å². The van der Waals surface area contributed by atoms with Gasteiger partial charge in [0.2, 0.25) is 0 Å². The molecule has 0 aliphatic carbocycles. The number of rotatable bonds is 6. The molecule has 0 saturated carbocycles. The molecule has 1 aromatic heterocycles. The van der Waals surface area contributed by atoms with E-state index in [2.05, 4.69) is 25.3 Å². The van der Waals surface area contributed by atoms with Crippen LogP contribution in [0.3, 0.4) is 0 Å². The van der Waals surface area contributed by atoms with E-state index >= 15 is 0 Å². The van der Waals surface area contributed by atoms with E-state index in [1.807, 2.05) is 24.3 Å². The second-order valence-electron chi connectivity index (χ2n) is 3.59. The highest BCUT2D eigenvalue weighted by molar-refractivity contribution is 9.10. The number of nitrogens with zero attached hydrogens (tertiary/aromatic N) is 2. The average Bonchev–Trinajstić information content (AvgIpc) is 2.88. The average molecular weight is 343 g/mol. The third kappa shape index (κ3) is 4.19. The summed E-state index contributed by atoms with van der Waals surface area (Å²) in [6, 6.07) is 7.49. The van der Waals surface area contributed by atoms with Gasteiger partial charge in [-0.25, -0.2) is 4.98 Å². The van der Waals surface area contributed by atoms with Gasteiger partial charge >= 0.3 is 0 Å². The van der Waals surface area contributed by atoms with Crippen LogP contribution in [0, 0.1) is 0 Å². The summed E-state index contributed by atoms with van der Waals surface area (Å²) in [6.45, 7) is 0. The van der Waals surface area contributed by atoms with E-state index in [9.17, 15) is 4.79 Å². The summed E-state index contributed by atoms with van der Waals surface area (Å²) in [6.07, 6.45) is 2.99. The Labute approximate surface area is 122 Å². The maximum absolute atomic E-state index is 11.9. The fourth-order valence-electron chi connectivity index (χ4n) is 1.40. The SMILES string of the molecule is O=C(CCCSc1ncns1)c1ccc(Br)cc1. The van der Waals surface area contributed by atoms with Crippen LogP contribution in [-0.4, -0.2) is 20.9 Å². The zero-order chi connectivity index (χ0) is 12.8. The molecule has 6 heteroatoms. The second-order valence-corrected chi connectivity index (χ2v) is 6.63.